The van der Waals surface area contributed by atoms with Crippen molar-refractivity contribution in [3.63, 3.8) is 0 Å². The summed E-state index contributed by atoms with van der Waals surface area (Å²) in [6.45, 7) is 1.89. The Kier molecular flexibility index (Phi) is 4.52. The van der Waals surface area contributed by atoms with Crippen LogP contribution in [-0.4, -0.2) is 47.8 Å². The van der Waals surface area contributed by atoms with E-state index in [2.05, 4.69) is 26.5 Å². The first-order valence-corrected chi connectivity index (χ1v) is 10.3. The molecule has 0 aromatic carbocycles. The number of methoxy groups -OCH3 is 1. The Labute approximate surface area is 178 Å². The van der Waals surface area contributed by atoms with Crippen molar-refractivity contribution < 1.29 is 9.84 Å². The van der Waals surface area contributed by atoms with Gasteiger partial charge < -0.3 is 15.2 Å². The fourth-order valence-electron chi connectivity index (χ4n) is 4.22. The third-order valence-electron chi connectivity index (χ3n) is 6.00. The Morgan fingerprint density at radius 3 is 2.84 bits per heavy atom. The number of hydrogen-bond acceptors (Lipinski definition) is 7. The quantitative estimate of drug-likeness (QED) is 0.525. The summed E-state index contributed by atoms with van der Waals surface area (Å²) in [4.78, 5) is 8.84. The number of nitriles is 1. The van der Waals surface area contributed by atoms with Gasteiger partial charge in [-0.25, -0.2) is 9.50 Å². The van der Waals surface area contributed by atoms with Crippen molar-refractivity contribution in [1.29, 1.82) is 5.26 Å². The van der Waals surface area contributed by atoms with E-state index in [9.17, 15) is 10.4 Å². The summed E-state index contributed by atoms with van der Waals surface area (Å²) in [5.74, 6) is 0.960. The van der Waals surface area contributed by atoms with Crippen LogP contribution in [0.25, 0.3) is 22.3 Å². The fraction of sp³-hybridized carbons (Fsp3) is 0.364. The van der Waals surface area contributed by atoms with Crippen molar-refractivity contribution in [2.75, 3.05) is 12.4 Å². The lowest BCUT2D eigenvalue weighted by atomic mass is 9.84. The molecule has 9 heteroatoms. The van der Waals surface area contributed by atoms with Gasteiger partial charge in [-0.1, -0.05) is 0 Å². The lowest BCUT2D eigenvalue weighted by molar-refractivity contribution is 0.0195. The number of anilines is 1. The number of aromatic nitrogens is 5. The Morgan fingerprint density at radius 1 is 1.29 bits per heavy atom. The highest BCUT2D eigenvalue weighted by Gasteiger charge is 2.29. The summed E-state index contributed by atoms with van der Waals surface area (Å²) >= 11 is 0. The average molecular weight is 417 g/mol. The first-order chi connectivity index (χ1) is 15.0. The van der Waals surface area contributed by atoms with Crippen molar-refractivity contribution in [3.8, 4) is 23.1 Å². The molecule has 0 spiro atoms. The zero-order chi connectivity index (χ0) is 21.6. The van der Waals surface area contributed by atoms with E-state index >= 15 is 0 Å². The predicted molar refractivity (Wildman–Crippen MR) is 115 cm³/mol. The minimum absolute atomic E-state index is 0.213. The number of pyridine rings is 1. The molecule has 158 valence electrons. The highest BCUT2D eigenvalue weighted by Crippen LogP contribution is 2.33. The number of ether oxygens (including phenoxy) is 1. The maximum absolute atomic E-state index is 10.2. The van der Waals surface area contributed by atoms with E-state index in [4.69, 9.17) is 4.74 Å². The standard InChI is InChI=1S/C22H23N7O2/c1-22(30)8-5-15(6-9-22)25-21-26-20(31-2)19-17(7-10-29(19)27-21)14-3-4-18-24-12-16(11-23)28(18)13-14/h3-4,7,10,12-13,15,30H,5-6,8-9H2,1-2H3,(H,25,27). The smallest absolute Gasteiger partial charge is 0.244 e. The average Bonchev–Trinajstić information content (AvgIpc) is 3.38. The molecule has 0 aliphatic heterocycles. The first kappa shape index (κ1) is 19.3. The van der Waals surface area contributed by atoms with Gasteiger partial charge in [0.05, 0.1) is 18.9 Å². The molecule has 2 N–H and O–H groups in total. The van der Waals surface area contributed by atoms with E-state index in [0.29, 0.717) is 23.2 Å². The van der Waals surface area contributed by atoms with Crippen molar-refractivity contribution >= 4 is 17.1 Å². The van der Waals surface area contributed by atoms with Gasteiger partial charge in [-0.05, 0) is 50.8 Å². The Morgan fingerprint density at radius 2 is 2.10 bits per heavy atom. The molecule has 4 aromatic rings. The molecule has 0 amide bonds. The van der Waals surface area contributed by atoms with Crippen molar-refractivity contribution in [3.05, 3.63) is 42.5 Å². The third kappa shape index (κ3) is 3.45. The highest BCUT2D eigenvalue weighted by atomic mass is 16.5. The molecule has 0 saturated heterocycles. The van der Waals surface area contributed by atoms with Gasteiger partial charge in [0.25, 0.3) is 0 Å². The topological polar surface area (TPSA) is 113 Å². The summed E-state index contributed by atoms with van der Waals surface area (Å²) in [6, 6.07) is 8.16. The number of rotatable bonds is 4. The number of fused-ring (bicyclic) bond motifs is 2. The normalized spacial score (nSPS) is 21.3. The minimum atomic E-state index is -0.586. The number of imidazole rings is 1. The van der Waals surface area contributed by atoms with Crippen LogP contribution >= 0.6 is 0 Å². The van der Waals surface area contributed by atoms with Gasteiger partial charge >= 0.3 is 0 Å². The van der Waals surface area contributed by atoms with Crippen molar-refractivity contribution in [1.82, 2.24) is 24.0 Å². The number of nitrogens with zero attached hydrogens (tertiary/aromatic N) is 6. The molecule has 0 atom stereocenters. The minimum Gasteiger partial charge on any atom is -0.479 e. The molecular formula is C22H23N7O2. The first-order valence-electron chi connectivity index (χ1n) is 10.3. The van der Waals surface area contributed by atoms with Gasteiger partial charge in [-0.2, -0.15) is 10.2 Å². The van der Waals surface area contributed by atoms with Crippen LogP contribution in [0.2, 0.25) is 0 Å². The molecule has 0 unspecified atom stereocenters. The van der Waals surface area contributed by atoms with E-state index in [1.54, 1.807) is 22.2 Å². The van der Waals surface area contributed by atoms with E-state index < -0.39 is 5.60 Å². The van der Waals surface area contributed by atoms with Gasteiger partial charge in [0.1, 0.15) is 22.9 Å². The van der Waals surface area contributed by atoms with Gasteiger partial charge in [0.2, 0.25) is 11.8 Å². The summed E-state index contributed by atoms with van der Waals surface area (Å²) in [7, 11) is 1.59. The maximum Gasteiger partial charge on any atom is 0.244 e. The van der Waals surface area contributed by atoms with Crippen LogP contribution in [0.1, 0.15) is 38.3 Å². The number of nitrogens with one attached hydrogen (secondary N) is 1. The van der Waals surface area contributed by atoms with Crippen LogP contribution in [0.5, 0.6) is 5.88 Å². The van der Waals surface area contributed by atoms with Crippen LogP contribution in [0.4, 0.5) is 5.95 Å². The zero-order valence-electron chi connectivity index (χ0n) is 17.4. The predicted octanol–water partition coefficient (Wildman–Crippen LogP) is 3.03. The molecule has 0 bridgehead atoms. The Hall–Kier alpha value is -3.64. The summed E-state index contributed by atoms with van der Waals surface area (Å²) in [5, 5.41) is 27.5. The van der Waals surface area contributed by atoms with Gasteiger partial charge in [-0.15, -0.1) is 5.10 Å². The van der Waals surface area contributed by atoms with Crippen molar-refractivity contribution in [2.45, 2.75) is 44.2 Å². The fourth-order valence-corrected chi connectivity index (χ4v) is 4.22. The van der Waals surface area contributed by atoms with Gasteiger partial charge in [0, 0.05) is 29.6 Å². The molecule has 1 aliphatic carbocycles. The van der Waals surface area contributed by atoms with E-state index in [0.717, 1.165) is 42.3 Å². The van der Waals surface area contributed by atoms with Crippen LogP contribution in [0.15, 0.2) is 36.8 Å². The SMILES string of the molecule is COc1nc(NC2CCC(C)(O)CC2)nn2ccc(-c3ccc4ncc(C#N)n4c3)c12. The number of aliphatic hydroxyl groups is 1. The third-order valence-corrected chi connectivity index (χ3v) is 6.00. The molecule has 4 aromatic heterocycles. The highest BCUT2D eigenvalue weighted by molar-refractivity contribution is 5.84. The Balaban J connectivity index is 1.51. The molecular weight excluding hydrogens is 394 g/mol. The monoisotopic (exact) mass is 417 g/mol. The molecule has 1 aliphatic rings. The summed E-state index contributed by atoms with van der Waals surface area (Å²) < 4.78 is 9.12. The maximum atomic E-state index is 10.2. The van der Waals surface area contributed by atoms with Crippen LogP contribution in [0.3, 0.4) is 0 Å². The van der Waals surface area contributed by atoms with Gasteiger partial charge in [-0.3, -0.25) is 4.40 Å². The Bertz CT molecular complexity index is 1300. The molecule has 0 radical (unpaired) electrons. The van der Waals surface area contributed by atoms with Gasteiger partial charge in [0.15, 0.2) is 0 Å². The van der Waals surface area contributed by atoms with Crippen molar-refractivity contribution in [2.24, 2.45) is 0 Å². The second kappa shape index (κ2) is 7.25. The van der Waals surface area contributed by atoms with E-state index in [-0.39, 0.29) is 6.04 Å². The summed E-state index contributed by atoms with van der Waals surface area (Å²) in [5.41, 5.74) is 3.15. The second-order valence-electron chi connectivity index (χ2n) is 8.28. The van der Waals surface area contributed by atoms with Crippen LogP contribution < -0.4 is 10.1 Å². The molecule has 31 heavy (non-hydrogen) atoms. The van der Waals surface area contributed by atoms with Crippen LogP contribution in [-0.2, 0) is 0 Å². The molecule has 4 heterocycles. The lowest BCUT2D eigenvalue weighted by Crippen LogP contribution is -2.36. The molecule has 1 fully saturated rings. The zero-order valence-corrected chi connectivity index (χ0v) is 17.4. The van der Waals surface area contributed by atoms with E-state index in [1.807, 2.05) is 37.5 Å². The molecule has 5 rings (SSSR count). The molecule has 1 saturated carbocycles. The van der Waals surface area contributed by atoms with Crippen LogP contribution in [0, 0.1) is 11.3 Å². The summed E-state index contributed by atoms with van der Waals surface area (Å²) in [6.07, 6.45) is 8.53. The molecule has 9 nitrogen and oxygen atoms in total. The van der Waals surface area contributed by atoms with E-state index in [1.165, 1.54) is 0 Å². The lowest BCUT2D eigenvalue weighted by Gasteiger charge is -2.33. The largest absolute Gasteiger partial charge is 0.479 e. The number of hydrogen-bond donors (Lipinski definition) is 2. The second-order valence-corrected chi connectivity index (χ2v) is 8.28.